The topological polar surface area (TPSA) is 96.0 Å². The van der Waals surface area contributed by atoms with E-state index in [9.17, 15) is 18.0 Å². The van der Waals surface area contributed by atoms with E-state index in [0.717, 1.165) is 10.9 Å². The largest absolute Gasteiger partial charge is 0.321 e. The fraction of sp³-hybridized carbons (Fsp3) is 0.263. The molecule has 1 N–H and O–H groups in total. The van der Waals surface area contributed by atoms with Crippen molar-refractivity contribution in [2.24, 2.45) is 0 Å². The van der Waals surface area contributed by atoms with Crippen LogP contribution in [0.2, 0.25) is 5.02 Å². The lowest BCUT2D eigenvalue weighted by molar-refractivity contribution is -0.117. The van der Waals surface area contributed by atoms with Gasteiger partial charge in [0.15, 0.2) is 0 Å². The van der Waals surface area contributed by atoms with Crippen LogP contribution in [0.4, 0.5) is 11.4 Å². The number of hydrogen-bond donors (Lipinski definition) is 1. The molecular formula is C19H20ClN3O5S. The molecule has 154 valence electrons. The number of hydrogen-bond acceptors (Lipinski definition) is 5. The van der Waals surface area contributed by atoms with Crippen LogP contribution in [0.15, 0.2) is 47.4 Å². The molecule has 2 aromatic rings. The fourth-order valence-electron chi connectivity index (χ4n) is 2.92. The molecule has 0 bridgehead atoms. The van der Waals surface area contributed by atoms with Crippen molar-refractivity contribution in [3.8, 4) is 0 Å². The molecule has 1 heterocycles. The first-order chi connectivity index (χ1) is 13.7. The molecule has 0 saturated carbocycles. The molecule has 3 rings (SSSR count). The van der Waals surface area contributed by atoms with Gasteiger partial charge in [-0.3, -0.25) is 14.4 Å². The number of hydroxylamine groups is 1. The third-order valence-electron chi connectivity index (χ3n) is 4.59. The lowest BCUT2D eigenvalue weighted by atomic mass is 10.2. The summed E-state index contributed by atoms with van der Waals surface area (Å²) in [5, 5.41) is 3.03. The van der Waals surface area contributed by atoms with E-state index in [1.54, 1.807) is 23.1 Å². The quantitative estimate of drug-likeness (QED) is 0.701. The average molecular weight is 438 g/mol. The van der Waals surface area contributed by atoms with Crippen LogP contribution in [-0.4, -0.2) is 45.4 Å². The van der Waals surface area contributed by atoms with Gasteiger partial charge in [-0.25, -0.2) is 8.42 Å². The normalized spacial score (nSPS) is 14.5. The van der Waals surface area contributed by atoms with Crippen LogP contribution in [0.3, 0.4) is 0 Å². The predicted octanol–water partition coefficient (Wildman–Crippen LogP) is 2.90. The second-order valence-corrected chi connectivity index (χ2v) is 8.73. The molecule has 0 unspecified atom stereocenters. The van der Waals surface area contributed by atoms with Gasteiger partial charge < -0.3 is 10.2 Å². The van der Waals surface area contributed by atoms with Crippen LogP contribution in [-0.2, 0) is 19.7 Å². The highest BCUT2D eigenvalue weighted by Crippen LogP contribution is 2.30. The second-order valence-electron chi connectivity index (χ2n) is 6.39. The van der Waals surface area contributed by atoms with E-state index in [-0.39, 0.29) is 16.4 Å². The maximum atomic E-state index is 12.6. The van der Waals surface area contributed by atoms with Crippen LogP contribution in [0.1, 0.15) is 23.2 Å². The Morgan fingerprint density at radius 3 is 2.48 bits per heavy atom. The van der Waals surface area contributed by atoms with Crippen molar-refractivity contribution in [1.29, 1.82) is 0 Å². The van der Waals surface area contributed by atoms with Gasteiger partial charge in [-0.15, -0.1) is 0 Å². The number of halogens is 1. The summed E-state index contributed by atoms with van der Waals surface area (Å²) in [7, 11) is -1.28. The molecular weight excluding hydrogens is 418 g/mol. The highest BCUT2D eigenvalue weighted by Gasteiger charge is 2.23. The smallest absolute Gasteiger partial charge is 0.264 e. The molecule has 2 amide bonds. The number of nitrogens with zero attached hydrogens (tertiary/aromatic N) is 2. The summed E-state index contributed by atoms with van der Waals surface area (Å²) in [5.41, 5.74) is 1.28. The molecule has 10 heteroatoms. The van der Waals surface area contributed by atoms with Crippen molar-refractivity contribution in [2.45, 2.75) is 17.7 Å². The lowest BCUT2D eigenvalue weighted by Crippen LogP contribution is -2.25. The van der Waals surface area contributed by atoms with Crippen molar-refractivity contribution in [3.63, 3.8) is 0 Å². The Bertz CT molecular complexity index is 1040. The van der Waals surface area contributed by atoms with Crippen molar-refractivity contribution in [3.05, 3.63) is 53.1 Å². The van der Waals surface area contributed by atoms with Crippen molar-refractivity contribution in [1.82, 2.24) is 4.47 Å². The lowest BCUT2D eigenvalue weighted by Gasteiger charge is -2.18. The maximum Gasteiger partial charge on any atom is 0.264 e. The van der Waals surface area contributed by atoms with Gasteiger partial charge in [0.05, 0.1) is 22.7 Å². The first-order valence-electron chi connectivity index (χ1n) is 8.78. The molecule has 8 nitrogen and oxygen atoms in total. The van der Waals surface area contributed by atoms with E-state index in [1.807, 2.05) is 0 Å². The van der Waals surface area contributed by atoms with E-state index >= 15 is 0 Å². The van der Waals surface area contributed by atoms with Gasteiger partial charge in [0.2, 0.25) is 5.91 Å². The van der Waals surface area contributed by atoms with Gasteiger partial charge in [0.25, 0.3) is 15.9 Å². The zero-order valence-corrected chi connectivity index (χ0v) is 17.5. The molecule has 0 aliphatic carbocycles. The van der Waals surface area contributed by atoms with Crippen LogP contribution in [0.5, 0.6) is 0 Å². The number of anilines is 2. The number of carbonyl (C=O) groups excluding carboxylic acids is 2. The molecule has 29 heavy (non-hydrogen) atoms. The minimum absolute atomic E-state index is 0.00836. The molecule has 1 aliphatic rings. The van der Waals surface area contributed by atoms with E-state index in [0.29, 0.717) is 29.4 Å². The molecule has 0 atom stereocenters. The standard InChI is InChI=1S/C19H20ClN3O5S/c1-22(28-2)29(26,27)15-8-5-13(6-9-15)19(25)21-17-12-14(7-10-16(17)20)23-11-3-4-18(23)24/h5-10,12H,3-4,11H2,1-2H3,(H,21,25). The summed E-state index contributed by atoms with van der Waals surface area (Å²) in [5.74, 6) is -0.428. The third kappa shape index (κ3) is 4.43. The van der Waals surface area contributed by atoms with Crippen LogP contribution >= 0.6 is 11.6 Å². The number of amides is 2. The SMILES string of the molecule is CON(C)S(=O)(=O)c1ccc(C(=O)Nc2cc(N3CCCC3=O)ccc2Cl)cc1. The molecule has 0 radical (unpaired) electrons. The van der Waals surface area contributed by atoms with Gasteiger partial charge in [0.1, 0.15) is 0 Å². The summed E-state index contributed by atoms with van der Waals surface area (Å²) in [6, 6.07) is 10.4. The highest BCUT2D eigenvalue weighted by molar-refractivity contribution is 7.89. The van der Waals surface area contributed by atoms with E-state index in [2.05, 4.69) is 5.32 Å². The first kappa shape index (κ1) is 21.3. The Labute approximate surface area is 174 Å². The highest BCUT2D eigenvalue weighted by atomic mass is 35.5. The number of rotatable bonds is 6. The van der Waals surface area contributed by atoms with Crippen LogP contribution in [0.25, 0.3) is 0 Å². The Balaban J connectivity index is 1.79. The minimum atomic E-state index is -3.80. The molecule has 1 saturated heterocycles. The summed E-state index contributed by atoms with van der Waals surface area (Å²) in [6.07, 6.45) is 1.29. The summed E-state index contributed by atoms with van der Waals surface area (Å²) in [6.45, 7) is 0.625. The second kappa shape index (κ2) is 8.50. The van der Waals surface area contributed by atoms with Crippen molar-refractivity contribution >= 4 is 44.8 Å². The van der Waals surface area contributed by atoms with Crippen molar-refractivity contribution in [2.75, 3.05) is 30.9 Å². The molecule has 2 aromatic carbocycles. The maximum absolute atomic E-state index is 12.6. The van der Waals surface area contributed by atoms with Crippen LogP contribution in [0, 0.1) is 0 Å². The molecule has 0 aromatic heterocycles. The Kier molecular flexibility index (Phi) is 6.23. The summed E-state index contributed by atoms with van der Waals surface area (Å²) >= 11 is 6.19. The minimum Gasteiger partial charge on any atom is -0.321 e. The van der Waals surface area contributed by atoms with Gasteiger partial charge in [-0.05, 0) is 48.9 Å². The van der Waals surface area contributed by atoms with Gasteiger partial charge >= 0.3 is 0 Å². The Morgan fingerprint density at radius 1 is 1.21 bits per heavy atom. The third-order valence-corrected chi connectivity index (χ3v) is 6.62. The van der Waals surface area contributed by atoms with Gasteiger partial charge in [0, 0.05) is 31.3 Å². The van der Waals surface area contributed by atoms with E-state index in [4.69, 9.17) is 16.4 Å². The molecule has 1 aliphatic heterocycles. The number of carbonyl (C=O) groups is 2. The molecule has 1 fully saturated rings. The zero-order valence-electron chi connectivity index (χ0n) is 15.9. The predicted molar refractivity (Wildman–Crippen MR) is 109 cm³/mol. The average Bonchev–Trinajstić information content (AvgIpc) is 3.14. The van der Waals surface area contributed by atoms with Gasteiger partial charge in [-0.2, -0.15) is 0 Å². The molecule has 0 spiro atoms. The monoisotopic (exact) mass is 437 g/mol. The summed E-state index contributed by atoms with van der Waals surface area (Å²) < 4.78 is 25.2. The Morgan fingerprint density at radius 2 is 1.90 bits per heavy atom. The number of sulfonamides is 1. The first-order valence-corrected chi connectivity index (χ1v) is 10.6. The fourth-order valence-corrected chi connectivity index (χ4v) is 4.06. The Hall–Kier alpha value is -2.46. The zero-order chi connectivity index (χ0) is 21.2. The van der Waals surface area contributed by atoms with Crippen molar-refractivity contribution < 1.29 is 22.8 Å². The number of nitrogens with one attached hydrogen (secondary N) is 1. The van der Waals surface area contributed by atoms with Gasteiger partial charge in [-0.1, -0.05) is 16.1 Å². The van der Waals surface area contributed by atoms with E-state index in [1.165, 1.54) is 38.4 Å². The van der Waals surface area contributed by atoms with E-state index < -0.39 is 15.9 Å². The van der Waals surface area contributed by atoms with Crippen LogP contribution < -0.4 is 10.2 Å². The summed E-state index contributed by atoms with van der Waals surface area (Å²) in [4.78, 5) is 30.9. The number of benzene rings is 2.